The molecule has 0 saturated heterocycles. The van der Waals surface area contributed by atoms with Gasteiger partial charge in [-0.05, 0) is 36.2 Å². The zero-order chi connectivity index (χ0) is 15.1. The molecule has 2 nitrogen and oxygen atoms in total. The smallest absolute Gasteiger partial charge is 0.00863 e. The molecule has 1 aliphatic carbocycles. The molecule has 3 N–H and O–H groups in total. The van der Waals surface area contributed by atoms with Crippen molar-refractivity contribution in [2.45, 2.75) is 51.9 Å². The normalized spacial score (nSPS) is 19.0. The van der Waals surface area contributed by atoms with Crippen LogP contribution in [0.3, 0.4) is 0 Å². The van der Waals surface area contributed by atoms with Gasteiger partial charge >= 0.3 is 0 Å². The summed E-state index contributed by atoms with van der Waals surface area (Å²) in [6.45, 7) is 7.59. The van der Waals surface area contributed by atoms with Gasteiger partial charge in [-0.2, -0.15) is 0 Å². The van der Waals surface area contributed by atoms with Gasteiger partial charge in [0.05, 0.1) is 0 Å². The molecular weight excluding hydrogens is 256 g/mol. The van der Waals surface area contributed by atoms with Crippen LogP contribution < -0.4 is 11.1 Å². The molecule has 1 fully saturated rings. The summed E-state index contributed by atoms with van der Waals surface area (Å²) in [6.07, 6.45) is 6.98. The van der Waals surface area contributed by atoms with Crippen LogP contribution in [0.25, 0.3) is 0 Å². The molecule has 0 heterocycles. The van der Waals surface area contributed by atoms with E-state index in [1.165, 1.54) is 37.7 Å². The fourth-order valence-electron chi connectivity index (χ4n) is 4.02. The Hall–Kier alpha value is -0.860. The van der Waals surface area contributed by atoms with Crippen LogP contribution in [0.2, 0.25) is 0 Å². The standard InChI is InChI=1S/C19H32N2/c1-16(2)12-19(10-6-7-11-19)15-21-14-18(13-20)17-8-4-3-5-9-17/h3-5,8-9,16,18,21H,6-7,10-15,20H2,1-2H3. The topological polar surface area (TPSA) is 38.0 Å². The van der Waals surface area contributed by atoms with Gasteiger partial charge in [-0.1, -0.05) is 57.0 Å². The molecule has 1 aromatic carbocycles. The number of hydrogen-bond donors (Lipinski definition) is 2. The van der Waals surface area contributed by atoms with Gasteiger partial charge in [-0.15, -0.1) is 0 Å². The van der Waals surface area contributed by atoms with Crippen LogP contribution >= 0.6 is 0 Å². The quantitative estimate of drug-likeness (QED) is 0.761. The molecule has 21 heavy (non-hydrogen) atoms. The molecule has 1 aromatic rings. The second kappa shape index (κ2) is 7.95. The van der Waals surface area contributed by atoms with Crippen molar-refractivity contribution in [3.63, 3.8) is 0 Å². The second-order valence-corrected chi connectivity index (χ2v) is 7.28. The van der Waals surface area contributed by atoms with Crippen LogP contribution in [0.1, 0.15) is 57.4 Å². The van der Waals surface area contributed by atoms with Crippen LogP contribution in [0.5, 0.6) is 0 Å². The fourth-order valence-corrected chi connectivity index (χ4v) is 4.02. The van der Waals surface area contributed by atoms with Crippen molar-refractivity contribution in [3.05, 3.63) is 35.9 Å². The van der Waals surface area contributed by atoms with Crippen molar-refractivity contribution < 1.29 is 0 Å². The SMILES string of the molecule is CC(C)CC1(CNCC(CN)c2ccccc2)CCCC1. The number of rotatable bonds is 8. The maximum atomic E-state index is 5.97. The maximum absolute atomic E-state index is 5.97. The Morgan fingerprint density at radius 3 is 2.38 bits per heavy atom. The van der Waals surface area contributed by atoms with E-state index in [0.717, 1.165) is 19.0 Å². The highest BCUT2D eigenvalue weighted by Gasteiger charge is 2.33. The van der Waals surface area contributed by atoms with E-state index in [1.54, 1.807) is 0 Å². The predicted molar refractivity (Wildman–Crippen MR) is 91.5 cm³/mol. The lowest BCUT2D eigenvalue weighted by atomic mass is 9.78. The summed E-state index contributed by atoms with van der Waals surface area (Å²) in [7, 11) is 0. The molecule has 0 aromatic heterocycles. The van der Waals surface area contributed by atoms with E-state index in [4.69, 9.17) is 5.73 Å². The van der Waals surface area contributed by atoms with Gasteiger partial charge in [-0.3, -0.25) is 0 Å². The fraction of sp³-hybridized carbons (Fsp3) is 0.684. The molecule has 2 rings (SSSR count). The molecule has 1 saturated carbocycles. The Bertz CT molecular complexity index is 393. The first-order valence-electron chi connectivity index (χ1n) is 8.61. The zero-order valence-electron chi connectivity index (χ0n) is 13.8. The molecule has 0 amide bonds. The van der Waals surface area contributed by atoms with Gasteiger partial charge < -0.3 is 11.1 Å². The number of hydrogen-bond acceptors (Lipinski definition) is 2. The minimum atomic E-state index is 0.434. The molecular formula is C19H32N2. The molecule has 1 atom stereocenters. The van der Waals surface area contributed by atoms with Gasteiger partial charge in [-0.25, -0.2) is 0 Å². The van der Waals surface area contributed by atoms with Crippen LogP contribution in [-0.4, -0.2) is 19.6 Å². The van der Waals surface area contributed by atoms with E-state index in [9.17, 15) is 0 Å². The van der Waals surface area contributed by atoms with E-state index < -0.39 is 0 Å². The predicted octanol–water partition coefficient (Wildman–Crippen LogP) is 3.93. The number of benzene rings is 1. The van der Waals surface area contributed by atoms with Crippen molar-refractivity contribution in [2.75, 3.05) is 19.6 Å². The molecule has 0 bridgehead atoms. The van der Waals surface area contributed by atoms with Crippen LogP contribution in [0.15, 0.2) is 30.3 Å². The zero-order valence-corrected chi connectivity index (χ0v) is 13.8. The largest absolute Gasteiger partial charge is 0.330 e. The first-order valence-corrected chi connectivity index (χ1v) is 8.61. The number of nitrogens with two attached hydrogens (primary N) is 1. The monoisotopic (exact) mass is 288 g/mol. The van der Waals surface area contributed by atoms with Crippen molar-refractivity contribution in [3.8, 4) is 0 Å². The first-order chi connectivity index (χ1) is 10.2. The Kier molecular flexibility index (Phi) is 6.25. The van der Waals surface area contributed by atoms with Gasteiger partial charge in [0, 0.05) is 25.6 Å². The Morgan fingerprint density at radius 1 is 1.14 bits per heavy atom. The number of nitrogens with one attached hydrogen (secondary N) is 1. The second-order valence-electron chi connectivity index (χ2n) is 7.28. The van der Waals surface area contributed by atoms with E-state index in [1.807, 2.05) is 0 Å². The highest BCUT2D eigenvalue weighted by molar-refractivity contribution is 5.20. The Labute approximate surface area is 130 Å². The van der Waals surface area contributed by atoms with Crippen LogP contribution in [0.4, 0.5) is 0 Å². The van der Waals surface area contributed by atoms with E-state index in [2.05, 4.69) is 49.5 Å². The summed E-state index contributed by atoms with van der Waals surface area (Å²) in [4.78, 5) is 0. The Morgan fingerprint density at radius 2 is 1.81 bits per heavy atom. The average molecular weight is 288 g/mol. The molecule has 1 aliphatic rings. The molecule has 1 unspecified atom stereocenters. The summed E-state index contributed by atoms with van der Waals surface area (Å²) in [5.74, 6) is 1.23. The third kappa shape index (κ3) is 4.82. The molecule has 0 radical (unpaired) electrons. The minimum absolute atomic E-state index is 0.434. The third-order valence-electron chi connectivity index (χ3n) is 4.95. The van der Waals surface area contributed by atoms with Crippen LogP contribution in [0, 0.1) is 11.3 Å². The lowest BCUT2D eigenvalue weighted by Gasteiger charge is -2.32. The van der Waals surface area contributed by atoms with E-state index >= 15 is 0 Å². The highest BCUT2D eigenvalue weighted by atomic mass is 14.9. The summed E-state index contributed by atoms with van der Waals surface area (Å²) in [5.41, 5.74) is 7.88. The van der Waals surface area contributed by atoms with Gasteiger partial charge in [0.25, 0.3) is 0 Å². The lowest BCUT2D eigenvalue weighted by Crippen LogP contribution is -2.36. The third-order valence-corrected chi connectivity index (χ3v) is 4.95. The van der Waals surface area contributed by atoms with Crippen LogP contribution in [-0.2, 0) is 0 Å². The molecule has 0 spiro atoms. The summed E-state index contributed by atoms with van der Waals surface area (Å²) < 4.78 is 0. The average Bonchev–Trinajstić information content (AvgIpc) is 2.92. The summed E-state index contributed by atoms with van der Waals surface area (Å²) in [5, 5.41) is 3.74. The lowest BCUT2D eigenvalue weighted by molar-refractivity contribution is 0.223. The summed E-state index contributed by atoms with van der Waals surface area (Å²) in [6, 6.07) is 10.7. The maximum Gasteiger partial charge on any atom is 0.00863 e. The van der Waals surface area contributed by atoms with Crippen molar-refractivity contribution >= 4 is 0 Å². The molecule has 2 heteroatoms. The highest BCUT2D eigenvalue weighted by Crippen LogP contribution is 2.42. The van der Waals surface area contributed by atoms with Gasteiger partial charge in [0.15, 0.2) is 0 Å². The van der Waals surface area contributed by atoms with Gasteiger partial charge in [0.1, 0.15) is 0 Å². The molecule has 0 aliphatic heterocycles. The minimum Gasteiger partial charge on any atom is -0.330 e. The summed E-state index contributed by atoms with van der Waals surface area (Å²) >= 11 is 0. The van der Waals surface area contributed by atoms with Crippen molar-refractivity contribution in [2.24, 2.45) is 17.1 Å². The van der Waals surface area contributed by atoms with E-state index in [0.29, 0.717) is 17.9 Å². The first kappa shape index (κ1) is 16.5. The van der Waals surface area contributed by atoms with Crippen molar-refractivity contribution in [1.82, 2.24) is 5.32 Å². The van der Waals surface area contributed by atoms with Crippen molar-refractivity contribution in [1.29, 1.82) is 0 Å². The van der Waals surface area contributed by atoms with Gasteiger partial charge in [0.2, 0.25) is 0 Å². The molecule has 118 valence electrons. The Balaban J connectivity index is 1.86. The van der Waals surface area contributed by atoms with E-state index in [-0.39, 0.29) is 0 Å².